The van der Waals surface area contributed by atoms with Gasteiger partial charge in [-0.15, -0.1) is 24.0 Å². The van der Waals surface area contributed by atoms with E-state index in [9.17, 15) is 4.79 Å². The molecule has 0 aromatic heterocycles. The Balaban J connectivity index is 0.00000625. The zero-order chi connectivity index (χ0) is 18.7. The molecule has 0 spiro atoms. The van der Waals surface area contributed by atoms with Gasteiger partial charge < -0.3 is 15.4 Å². The molecule has 0 saturated heterocycles. The molecule has 1 fully saturated rings. The lowest BCUT2D eigenvalue weighted by atomic mass is 10.2. The summed E-state index contributed by atoms with van der Waals surface area (Å²) in [6, 6.07) is 1.06. The van der Waals surface area contributed by atoms with E-state index in [2.05, 4.69) is 48.2 Å². The van der Waals surface area contributed by atoms with Crippen LogP contribution in [0.5, 0.6) is 0 Å². The van der Waals surface area contributed by atoms with E-state index < -0.39 is 0 Å². The average Bonchev–Trinajstić information content (AvgIpc) is 3.05. The minimum Gasteiger partial charge on any atom is -0.462 e. The van der Waals surface area contributed by atoms with E-state index in [0.29, 0.717) is 18.5 Å². The van der Waals surface area contributed by atoms with Crippen LogP contribution in [0.1, 0.15) is 66.2 Å². The maximum Gasteiger partial charge on any atom is 0.306 e. The van der Waals surface area contributed by atoms with Gasteiger partial charge in [0.05, 0.1) is 0 Å². The molecule has 0 unspecified atom stereocenters. The fourth-order valence-electron chi connectivity index (χ4n) is 3.33. The number of hydrogen-bond acceptors (Lipinski definition) is 4. The van der Waals surface area contributed by atoms with Crippen molar-refractivity contribution in [3.8, 4) is 0 Å². The predicted octanol–water partition coefficient (Wildman–Crippen LogP) is 3.15. The number of nitrogens with zero attached hydrogens (tertiary/aromatic N) is 2. The van der Waals surface area contributed by atoms with Crippen LogP contribution in [-0.2, 0) is 9.53 Å². The number of esters is 1. The van der Waals surface area contributed by atoms with Crippen molar-refractivity contribution in [3.63, 3.8) is 0 Å². The summed E-state index contributed by atoms with van der Waals surface area (Å²) in [6.45, 7) is 11.4. The van der Waals surface area contributed by atoms with Crippen LogP contribution < -0.4 is 10.6 Å². The molecular weight excluding hydrogens is 443 g/mol. The molecule has 1 saturated carbocycles. The Bertz CT molecular complexity index is 402. The molecular formula is C19H39IN4O2. The highest BCUT2D eigenvalue weighted by Crippen LogP contribution is 2.21. The van der Waals surface area contributed by atoms with Gasteiger partial charge in [0.1, 0.15) is 6.10 Å². The van der Waals surface area contributed by atoms with Crippen molar-refractivity contribution in [2.45, 2.75) is 84.4 Å². The van der Waals surface area contributed by atoms with E-state index in [4.69, 9.17) is 4.74 Å². The van der Waals surface area contributed by atoms with Crippen LogP contribution in [0.3, 0.4) is 0 Å². The molecule has 0 heterocycles. The van der Waals surface area contributed by atoms with Crippen molar-refractivity contribution in [2.75, 3.05) is 26.7 Å². The quantitative estimate of drug-likeness (QED) is 0.165. The van der Waals surface area contributed by atoms with Crippen molar-refractivity contribution in [1.29, 1.82) is 0 Å². The number of guanidine groups is 1. The second-order valence-electron chi connectivity index (χ2n) is 7.35. The number of nitrogens with one attached hydrogen (secondary N) is 2. The first-order valence-electron chi connectivity index (χ1n) is 9.83. The van der Waals surface area contributed by atoms with Crippen LogP contribution in [0, 0.1) is 0 Å². The zero-order valence-corrected chi connectivity index (χ0v) is 19.5. The number of aliphatic imine (C=N–C) groups is 1. The summed E-state index contributed by atoms with van der Waals surface area (Å²) in [5.41, 5.74) is 0. The number of hydrogen-bond donors (Lipinski definition) is 2. The van der Waals surface area contributed by atoms with Gasteiger partial charge in [0, 0.05) is 45.2 Å². The summed E-state index contributed by atoms with van der Waals surface area (Å²) in [5.74, 6) is 0.720. The fraction of sp³-hybridized carbons (Fsp3) is 0.895. The highest BCUT2D eigenvalue weighted by Gasteiger charge is 2.18. The number of carbonyl (C=O) groups is 1. The third kappa shape index (κ3) is 10.5. The maximum absolute atomic E-state index is 11.8. The number of halogens is 1. The summed E-state index contributed by atoms with van der Waals surface area (Å²) in [6.07, 6.45) is 5.83. The summed E-state index contributed by atoms with van der Waals surface area (Å²) in [4.78, 5) is 18.5. The van der Waals surface area contributed by atoms with Gasteiger partial charge in [-0.1, -0.05) is 0 Å². The first kappa shape index (κ1) is 25.4. The van der Waals surface area contributed by atoms with Crippen molar-refractivity contribution in [3.05, 3.63) is 0 Å². The fourth-order valence-corrected chi connectivity index (χ4v) is 3.33. The third-order valence-corrected chi connectivity index (χ3v) is 4.66. The summed E-state index contributed by atoms with van der Waals surface area (Å²) in [5, 5.41) is 6.60. The van der Waals surface area contributed by atoms with E-state index in [1.54, 1.807) is 7.05 Å². The van der Waals surface area contributed by atoms with Gasteiger partial charge in [-0.25, -0.2) is 0 Å². The third-order valence-electron chi connectivity index (χ3n) is 4.66. The number of carbonyl (C=O) groups excluding carboxylic acids is 1. The lowest BCUT2D eigenvalue weighted by Crippen LogP contribution is -2.45. The molecule has 0 bridgehead atoms. The van der Waals surface area contributed by atoms with Crippen LogP contribution in [0.25, 0.3) is 0 Å². The van der Waals surface area contributed by atoms with Crippen LogP contribution in [0.15, 0.2) is 4.99 Å². The van der Waals surface area contributed by atoms with Crippen LogP contribution in [-0.4, -0.2) is 61.7 Å². The number of ether oxygens (including phenoxy) is 1. The van der Waals surface area contributed by atoms with Gasteiger partial charge in [0.25, 0.3) is 0 Å². The Morgan fingerprint density at radius 1 is 1.12 bits per heavy atom. The topological polar surface area (TPSA) is 66.0 Å². The van der Waals surface area contributed by atoms with E-state index >= 15 is 0 Å². The molecule has 2 N–H and O–H groups in total. The predicted molar refractivity (Wildman–Crippen MR) is 119 cm³/mol. The Morgan fingerprint density at radius 3 is 2.23 bits per heavy atom. The average molecular weight is 482 g/mol. The van der Waals surface area contributed by atoms with Crippen LogP contribution >= 0.6 is 24.0 Å². The van der Waals surface area contributed by atoms with Gasteiger partial charge in [-0.3, -0.25) is 14.7 Å². The van der Waals surface area contributed by atoms with Gasteiger partial charge >= 0.3 is 5.97 Å². The van der Waals surface area contributed by atoms with E-state index in [-0.39, 0.29) is 36.0 Å². The summed E-state index contributed by atoms with van der Waals surface area (Å²) in [7, 11) is 1.77. The van der Waals surface area contributed by atoms with Gasteiger partial charge in [-0.05, 0) is 59.8 Å². The molecule has 0 aromatic rings. The standard InChI is InChI=1S/C19H38N4O2.HI/c1-15(2)23(16(3)4)14-13-22-19(20-5)21-12-8-11-18(24)25-17-9-6-7-10-17;/h15-17H,6-14H2,1-5H3,(H2,20,21,22);1H. The SMILES string of the molecule is CN=C(NCCCC(=O)OC1CCCC1)NCCN(C(C)C)C(C)C.I. The van der Waals surface area contributed by atoms with Crippen molar-refractivity contribution in [1.82, 2.24) is 15.5 Å². The second-order valence-corrected chi connectivity index (χ2v) is 7.35. The summed E-state index contributed by atoms with van der Waals surface area (Å²) < 4.78 is 5.46. The first-order valence-corrected chi connectivity index (χ1v) is 9.83. The second kappa shape index (κ2) is 14.5. The van der Waals surface area contributed by atoms with Crippen molar-refractivity contribution >= 4 is 35.9 Å². The van der Waals surface area contributed by atoms with E-state index in [0.717, 1.165) is 44.9 Å². The Hall–Kier alpha value is -0.570. The minimum absolute atomic E-state index is 0. The van der Waals surface area contributed by atoms with Crippen LogP contribution in [0.4, 0.5) is 0 Å². The molecule has 154 valence electrons. The lowest BCUT2D eigenvalue weighted by Gasteiger charge is -2.30. The van der Waals surface area contributed by atoms with Gasteiger partial charge in [0.15, 0.2) is 5.96 Å². The highest BCUT2D eigenvalue weighted by molar-refractivity contribution is 14.0. The highest BCUT2D eigenvalue weighted by atomic mass is 127. The molecule has 1 rings (SSSR count). The largest absolute Gasteiger partial charge is 0.462 e. The molecule has 1 aliphatic carbocycles. The molecule has 1 aliphatic rings. The monoisotopic (exact) mass is 482 g/mol. The van der Waals surface area contributed by atoms with E-state index in [1.165, 1.54) is 12.8 Å². The first-order chi connectivity index (χ1) is 11.9. The normalized spacial score (nSPS) is 15.5. The molecule has 6 nitrogen and oxygen atoms in total. The smallest absolute Gasteiger partial charge is 0.306 e. The molecule has 0 radical (unpaired) electrons. The molecule has 0 aliphatic heterocycles. The maximum atomic E-state index is 11.8. The van der Waals surface area contributed by atoms with Crippen molar-refractivity contribution < 1.29 is 9.53 Å². The molecule has 26 heavy (non-hydrogen) atoms. The van der Waals surface area contributed by atoms with Crippen molar-refractivity contribution in [2.24, 2.45) is 4.99 Å². The minimum atomic E-state index is -0.0684. The molecule has 0 amide bonds. The Morgan fingerprint density at radius 2 is 1.69 bits per heavy atom. The zero-order valence-electron chi connectivity index (χ0n) is 17.2. The molecule has 0 atom stereocenters. The summed E-state index contributed by atoms with van der Waals surface area (Å²) >= 11 is 0. The molecule has 7 heteroatoms. The number of rotatable bonds is 10. The van der Waals surface area contributed by atoms with Crippen LogP contribution in [0.2, 0.25) is 0 Å². The molecule has 0 aromatic carbocycles. The lowest BCUT2D eigenvalue weighted by molar-refractivity contribution is -0.148. The Labute approximate surface area is 176 Å². The van der Waals surface area contributed by atoms with E-state index in [1.807, 2.05) is 0 Å². The Kier molecular flexibility index (Phi) is 14.2. The van der Waals surface area contributed by atoms with Gasteiger partial charge in [0.2, 0.25) is 0 Å². The van der Waals surface area contributed by atoms with Gasteiger partial charge in [-0.2, -0.15) is 0 Å².